The molecule has 0 saturated heterocycles. The van der Waals surface area contributed by atoms with Crippen LogP contribution in [0.1, 0.15) is 41.0 Å². The highest BCUT2D eigenvalue weighted by atomic mass is 16.1. The lowest BCUT2D eigenvalue weighted by molar-refractivity contribution is 0.0973. The quantitative estimate of drug-likeness (QED) is 0.725. The first-order valence-electron chi connectivity index (χ1n) is 5.66. The van der Waals surface area contributed by atoms with Crippen molar-refractivity contribution in [3.8, 4) is 0 Å². The van der Waals surface area contributed by atoms with Gasteiger partial charge in [0.05, 0.1) is 0 Å². The third-order valence-electron chi connectivity index (χ3n) is 3.04. The van der Waals surface area contributed by atoms with Gasteiger partial charge in [0.15, 0.2) is 11.6 Å². The maximum absolute atomic E-state index is 12.2. The average Bonchev–Trinajstić information content (AvgIpc) is 2.36. The zero-order valence-electron chi connectivity index (χ0n) is 9.99. The van der Waals surface area contributed by atoms with Crippen LogP contribution in [-0.4, -0.2) is 11.6 Å². The summed E-state index contributed by atoms with van der Waals surface area (Å²) in [6.45, 7) is 3.63. The van der Waals surface area contributed by atoms with Crippen molar-refractivity contribution in [2.75, 3.05) is 0 Å². The molecule has 1 aliphatic carbocycles. The number of carbonyl (C=O) groups excluding carboxylic acids is 2. The fraction of sp³-hybridized carbons (Fsp3) is 0.200. The Morgan fingerprint density at radius 1 is 1.06 bits per heavy atom. The van der Waals surface area contributed by atoms with Crippen LogP contribution in [0.5, 0.6) is 0 Å². The predicted octanol–water partition coefficient (Wildman–Crippen LogP) is 3.35. The Morgan fingerprint density at radius 3 is 2.24 bits per heavy atom. The average molecular weight is 226 g/mol. The minimum atomic E-state index is -0.0281. The van der Waals surface area contributed by atoms with Gasteiger partial charge in [-0.05, 0) is 20.3 Å². The first-order chi connectivity index (χ1) is 8.16. The van der Waals surface area contributed by atoms with Gasteiger partial charge in [-0.2, -0.15) is 0 Å². The van der Waals surface area contributed by atoms with Gasteiger partial charge in [-0.25, -0.2) is 0 Å². The number of allylic oxidation sites excluding steroid dienone is 4. The first-order valence-corrected chi connectivity index (χ1v) is 5.66. The predicted molar refractivity (Wildman–Crippen MR) is 67.2 cm³/mol. The highest BCUT2D eigenvalue weighted by Gasteiger charge is 2.28. The number of fused-ring (bicyclic) bond motifs is 1. The maximum Gasteiger partial charge on any atom is 0.190 e. The van der Waals surface area contributed by atoms with E-state index >= 15 is 0 Å². The fourth-order valence-electron chi connectivity index (χ4n) is 2.03. The molecule has 2 heteroatoms. The summed E-state index contributed by atoms with van der Waals surface area (Å²) in [6.07, 6.45) is 4.32. The van der Waals surface area contributed by atoms with Crippen molar-refractivity contribution >= 4 is 11.6 Å². The molecular weight excluding hydrogens is 212 g/mol. The topological polar surface area (TPSA) is 34.1 Å². The van der Waals surface area contributed by atoms with Crippen molar-refractivity contribution in [2.45, 2.75) is 20.3 Å². The lowest BCUT2D eigenvalue weighted by Crippen LogP contribution is -2.20. The number of rotatable bonds is 2. The molecule has 1 aromatic carbocycles. The minimum Gasteiger partial charge on any atom is -0.289 e. The van der Waals surface area contributed by atoms with Crippen LogP contribution in [0.3, 0.4) is 0 Å². The van der Waals surface area contributed by atoms with Gasteiger partial charge in [0.2, 0.25) is 0 Å². The van der Waals surface area contributed by atoms with Crippen molar-refractivity contribution in [1.29, 1.82) is 0 Å². The van der Waals surface area contributed by atoms with E-state index in [1.807, 2.05) is 19.1 Å². The molecule has 0 heterocycles. The number of Topliss-reactive ketones (excluding diaryl/α,β-unsaturated/α-hetero) is 2. The van der Waals surface area contributed by atoms with E-state index in [-0.39, 0.29) is 11.6 Å². The van der Waals surface area contributed by atoms with Gasteiger partial charge in [0.1, 0.15) is 0 Å². The summed E-state index contributed by atoms with van der Waals surface area (Å²) in [7, 11) is 0. The monoisotopic (exact) mass is 226 g/mol. The Morgan fingerprint density at radius 2 is 1.65 bits per heavy atom. The second kappa shape index (κ2) is 4.50. The molecule has 0 N–H and O–H groups in total. The Bertz CT molecular complexity index is 548. The van der Waals surface area contributed by atoms with Crippen molar-refractivity contribution in [3.63, 3.8) is 0 Å². The maximum atomic E-state index is 12.2. The Hall–Kier alpha value is -1.96. The van der Waals surface area contributed by atoms with Crippen LogP contribution in [0.4, 0.5) is 0 Å². The van der Waals surface area contributed by atoms with Crippen LogP contribution in [0.25, 0.3) is 0 Å². The minimum absolute atomic E-state index is 0.0178. The van der Waals surface area contributed by atoms with Gasteiger partial charge in [0.25, 0.3) is 0 Å². The van der Waals surface area contributed by atoms with E-state index in [0.717, 1.165) is 0 Å². The molecule has 0 fully saturated rings. The number of hydrogen-bond acceptors (Lipinski definition) is 2. The molecule has 86 valence electrons. The molecule has 0 saturated carbocycles. The summed E-state index contributed by atoms with van der Waals surface area (Å²) in [6, 6.07) is 7.01. The number of ketones is 2. The molecule has 1 aromatic rings. The van der Waals surface area contributed by atoms with Gasteiger partial charge in [-0.1, -0.05) is 36.4 Å². The molecule has 0 spiro atoms. The van der Waals surface area contributed by atoms with Crippen LogP contribution < -0.4 is 0 Å². The van der Waals surface area contributed by atoms with E-state index in [2.05, 4.69) is 0 Å². The van der Waals surface area contributed by atoms with Gasteiger partial charge < -0.3 is 0 Å². The number of hydrogen-bond donors (Lipinski definition) is 0. The van der Waals surface area contributed by atoms with Crippen LogP contribution in [0.2, 0.25) is 0 Å². The van der Waals surface area contributed by atoms with Crippen molar-refractivity contribution in [3.05, 3.63) is 58.7 Å². The molecule has 0 bridgehead atoms. The molecule has 1 aliphatic rings. The molecule has 0 amide bonds. The van der Waals surface area contributed by atoms with Crippen molar-refractivity contribution in [1.82, 2.24) is 0 Å². The molecule has 2 rings (SSSR count). The van der Waals surface area contributed by atoms with E-state index < -0.39 is 0 Å². The molecule has 17 heavy (non-hydrogen) atoms. The summed E-state index contributed by atoms with van der Waals surface area (Å²) >= 11 is 0. The molecule has 0 atom stereocenters. The van der Waals surface area contributed by atoms with Crippen LogP contribution in [0, 0.1) is 0 Å². The Labute approximate surface area is 101 Å². The van der Waals surface area contributed by atoms with E-state index in [1.165, 1.54) is 0 Å². The number of benzene rings is 1. The van der Waals surface area contributed by atoms with E-state index in [0.29, 0.717) is 28.7 Å². The largest absolute Gasteiger partial charge is 0.289 e. The molecule has 2 nitrogen and oxygen atoms in total. The third kappa shape index (κ3) is 1.86. The van der Waals surface area contributed by atoms with E-state index in [9.17, 15) is 9.59 Å². The van der Waals surface area contributed by atoms with E-state index in [4.69, 9.17) is 0 Å². The molecule has 0 unspecified atom stereocenters. The second-order valence-corrected chi connectivity index (χ2v) is 4.08. The summed E-state index contributed by atoms with van der Waals surface area (Å²) in [5, 5.41) is 0. The number of carbonyl (C=O) groups is 2. The lowest BCUT2D eigenvalue weighted by Gasteiger charge is -2.17. The lowest BCUT2D eigenvalue weighted by atomic mass is 9.83. The Kier molecular flexibility index (Phi) is 3.05. The normalized spacial score (nSPS) is 15.6. The summed E-state index contributed by atoms with van der Waals surface area (Å²) in [5.74, 6) is -0.0458. The molecule has 0 radical (unpaired) electrons. The van der Waals surface area contributed by atoms with Crippen molar-refractivity contribution < 1.29 is 9.59 Å². The zero-order chi connectivity index (χ0) is 12.4. The van der Waals surface area contributed by atoms with Crippen LogP contribution >= 0.6 is 0 Å². The third-order valence-corrected chi connectivity index (χ3v) is 3.04. The van der Waals surface area contributed by atoms with Gasteiger partial charge >= 0.3 is 0 Å². The van der Waals surface area contributed by atoms with Gasteiger partial charge in [-0.15, -0.1) is 0 Å². The standard InChI is InChI=1S/C15H14O2/c1-3-4-7-11-10(2)14(16)12-8-5-6-9-13(12)15(11)17/h3-6,8-9H,7H2,1-2H3/b4-3-. The molecular formula is C15H14O2. The van der Waals surface area contributed by atoms with Crippen LogP contribution in [-0.2, 0) is 0 Å². The second-order valence-electron chi connectivity index (χ2n) is 4.08. The summed E-state index contributed by atoms with van der Waals surface area (Å²) < 4.78 is 0. The fourth-order valence-corrected chi connectivity index (χ4v) is 2.03. The molecule has 0 aromatic heterocycles. The highest BCUT2D eigenvalue weighted by molar-refractivity contribution is 6.26. The Balaban J connectivity index is 2.54. The van der Waals surface area contributed by atoms with E-state index in [1.54, 1.807) is 31.2 Å². The summed E-state index contributed by atoms with van der Waals surface area (Å²) in [5.41, 5.74) is 2.25. The van der Waals surface area contributed by atoms with Crippen molar-refractivity contribution in [2.24, 2.45) is 0 Å². The first kappa shape index (κ1) is 11.5. The van der Waals surface area contributed by atoms with Crippen LogP contribution in [0.15, 0.2) is 47.6 Å². The zero-order valence-corrected chi connectivity index (χ0v) is 9.99. The van der Waals surface area contributed by atoms with Gasteiger partial charge in [-0.3, -0.25) is 9.59 Å². The van der Waals surface area contributed by atoms with Gasteiger partial charge in [0, 0.05) is 22.3 Å². The summed E-state index contributed by atoms with van der Waals surface area (Å²) in [4.78, 5) is 24.3. The highest BCUT2D eigenvalue weighted by Crippen LogP contribution is 2.27. The molecule has 0 aliphatic heterocycles. The SMILES string of the molecule is C/C=C\CC1=C(C)C(=O)c2ccccc2C1=O. The smallest absolute Gasteiger partial charge is 0.190 e.